The van der Waals surface area contributed by atoms with Gasteiger partial charge >= 0.3 is 0 Å². The van der Waals surface area contributed by atoms with Crippen molar-refractivity contribution in [1.29, 1.82) is 0 Å². The summed E-state index contributed by atoms with van der Waals surface area (Å²) in [6, 6.07) is 19.9. The van der Waals surface area contributed by atoms with Crippen LogP contribution in [0.5, 0.6) is 0 Å². The molecule has 4 heteroatoms. The molecule has 2 aromatic carbocycles. The minimum atomic E-state index is -0.846. The highest BCUT2D eigenvalue weighted by Gasteiger charge is 2.56. The topological polar surface area (TPSA) is 58.2 Å². The van der Waals surface area contributed by atoms with Crippen molar-refractivity contribution in [2.75, 3.05) is 6.54 Å². The minimum absolute atomic E-state index is 0.133. The van der Waals surface area contributed by atoms with Crippen LogP contribution in [-0.4, -0.2) is 18.4 Å². The first-order chi connectivity index (χ1) is 12.2. The molecule has 1 fully saturated rings. The van der Waals surface area contributed by atoms with Gasteiger partial charge in [-0.1, -0.05) is 60.7 Å². The number of hydrogen-bond donors (Lipinski definition) is 2. The van der Waals surface area contributed by atoms with Crippen LogP contribution in [0.2, 0.25) is 0 Å². The van der Waals surface area contributed by atoms with Gasteiger partial charge in [0.1, 0.15) is 5.41 Å². The van der Waals surface area contributed by atoms with Gasteiger partial charge < -0.3 is 10.6 Å². The van der Waals surface area contributed by atoms with E-state index in [9.17, 15) is 9.59 Å². The summed E-state index contributed by atoms with van der Waals surface area (Å²) < 4.78 is 0. The first-order valence-electron chi connectivity index (χ1n) is 8.85. The smallest absolute Gasteiger partial charge is 0.235 e. The first-order valence-corrected chi connectivity index (χ1v) is 8.85. The van der Waals surface area contributed by atoms with Crippen LogP contribution < -0.4 is 10.6 Å². The van der Waals surface area contributed by atoms with Crippen molar-refractivity contribution in [3.05, 3.63) is 71.8 Å². The molecule has 0 heterocycles. The summed E-state index contributed by atoms with van der Waals surface area (Å²) in [7, 11) is 0. The van der Waals surface area contributed by atoms with Gasteiger partial charge in [0, 0.05) is 13.1 Å². The molecular formula is C21H24N2O2. The zero-order valence-corrected chi connectivity index (χ0v) is 14.3. The number of aryl methyl sites for hydroxylation is 1. The second kappa shape index (κ2) is 7.97. The Morgan fingerprint density at radius 3 is 1.96 bits per heavy atom. The van der Waals surface area contributed by atoms with Crippen molar-refractivity contribution in [3.63, 3.8) is 0 Å². The SMILES string of the molecule is O=C(NCCCc1ccccc1)C1(C(=O)NCc2ccccc2)CC1. The van der Waals surface area contributed by atoms with Crippen molar-refractivity contribution in [2.24, 2.45) is 5.41 Å². The molecular weight excluding hydrogens is 312 g/mol. The molecule has 0 bridgehead atoms. The number of benzene rings is 2. The van der Waals surface area contributed by atoms with Crippen molar-refractivity contribution >= 4 is 11.8 Å². The lowest BCUT2D eigenvalue weighted by Gasteiger charge is -2.15. The van der Waals surface area contributed by atoms with Crippen molar-refractivity contribution < 1.29 is 9.59 Å². The van der Waals surface area contributed by atoms with Crippen molar-refractivity contribution in [2.45, 2.75) is 32.2 Å². The largest absolute Gasteiger partial charge is 0.355 e. The standard InChI is InChI=1S/C21H24N2O2/c24-19(22-15-7-12-17-8-3-1-4-9-17)21(13-14-21)20(25)23-16-18-10-5-2-6-11-18/h1-6,8-11H,7,12-16H2,(H,22,24)(H,23,25). The van der Waals surface area contributed by atoms with Gasteiger partial charge in [-0.2, -0.15) is 0 Å². The third-order valence-electron chi connectivity index (χ3n) is 4.69. The first kappa shape index (κ1) is 17.2. The third kappa shape index (κ3) is 4.47. The van der Waals surface area contributed by atoms with E-state index in [0.29, 0.717) is 25.9 Å². The Labute approximate surface area is 148 Å². The molecule has 1 saturated carbocycles. The number of carbonyl (C=O) groups is 2. The van der Waals surface area contributed by atoms with Gasteiger partial charge in [0.2, 0.25) is 11.8 Å². The van der Waals surface area contributed by atoms with Gasteiger partial charge in [-0.05, 0) is 36.8 Å². The normalized spacial score (nSPS) is 14.6. The second-order valence-corrected chi connectivity index (χ2v) is 6.60. The fourth-order valence-corrected chi connectivity index (χ4v) is 2.94. The van der Waals surface area contributed by atoms with Crippen LogP contribution in [0.4, 0.5) is 0 Å². The molecule has 1 aliphatic carbocycles. The van der Waals surface area contributed by atoms with Crippen LogP contribution in [0, 0.1) is 5.41 Å². The summed E-state index contributed by atoms with van der Waals surface area (Å²) in [6.45, 7) is 1.06. The van der Waals surface area contributed by atoms with E-state index in [4.69, 9.17) is 0 Å². The Morgan fingerprint density at radius 1 is 0.800 bits per heavy atom. The Hall–Kier alpha value is -2.62. The summed E-state index contributed by atoms with van der Waals surface area (Å²) in [5.74, 6) is -0.289. The predicted octanol–water partition coefficient (Wildman–Crippen LogP) is 2.83. The summed E-state index contributed by atoms with van der Waals surface area (Å²) in [5, 5.41) is 5.83. The molecule has 25 heavy (non-hydrogen) atoms. The lowest BCUT2D eigenvalue weighted by molar-refractivity contribution is -0.137. The Bertz CT molecular complexity index is 709. The van der Waals surface area contributed by atoms with E-state index < -0.39 is 5.41 Å². The lowest BCUT2D eigenvalue weighted by Crippen LogP contribution is -2.43. The molecule has 2 aromatic rings. The van der Waals surface area contributed by atoms with Crippen molar-refractivity contribution in [3.8, 4) is 0 Å². The average Bonchev–Trinajstić information content (AvgIpc) is 3.47. The number of rotatable bonds is 8. The van der Waals surface area contributed by atoms with Gasteiger partial charge in [0.05, 0.1) is 0 Å². The zero-order chi connectivity index (χ0) is 17.5. The van der Waals surface area contributed by atoms with Crippen molar-refractivity contribution in [1.82, 2.24) is 10.6 Å². The molecule has 0 saturated heterocycles. The van der Waals surface area contributed by atoms with E-state index in [1.54, 1.807) is 0 Å². The molecule has 0 spiro atoms. The molecule has 3 rings (SSSR count). The molecule has 1 aliphatic rings. The van der Waals surface area contributed by atoms with Crippen LogP contribution in [0.3, 0.4) is 0 Å². The highest BCUT2D eigenvalue weighted by atomic mass is 16.2. The maximum absolute atomic E-state index is 12.4. The Balaban J connectivity index is 1.42. The molecule has 4 nitrogen and oxygen atoms in total. The lowest BCUT2D eigenvalue weighted by atomic mass is 10.0. The quantitative estimate of drug-likeness (QED) is 0.575. The molecule has 2 N–H and O–H groups in total. The fraction of sp³-hybridized carbons (Fsp3) is 0.333. The number of amides is 2. The highest BCUT2D eigenvalue weighted by Crippen LogP contribution is 2.46. The fourth-order valence-electron chi connectivity index (χ4n) is 2.94. The zero-order valence-electron chi connectivity index (χ0n) is 14.3. The Morgan fingerprint density at radius 2 is 1.36 bits per heavy atom. The highest BCUT2D eigenvalue weighted by molar-refractivity contribution is 6.07. The summed E-state index contributed by atoms with van der Waals surface area (Å²) in [5.41, 5.74) is 1.45. The summed E-state index contributed by atoms with van der Waals surface area (Å²) >= 11 is 0. The van der Waals surface area contributed by atoms with Crippen LogP contribution in [0.15, 0.2) is 60.7 Å². The number of hydrogen-bond acceptors (Lipinski definition) is 2. The van der Waals surface area contributed by atoms with E-state index in [-0.39, 0.29) is 11.8 Å². The monoisotopic (exact) mass is 336 g/mol. The average molecular weight is 336 g/mol. The molecule has 0 aliphatic heterocycles. The van der Waals surface area contributed by atoms with Crippen LogP contribution in [-0.2, 0) is 22.6 Å². The van der Waals surface area contributed by atoms with E-state index in [1.165, 1.54) is 5.56 Å². The Kier molecular flexibility index (Phi) is 5.49. The van der Waals surface area contributed by atoms with Crippen LogP contribution in [0.1, 0.15) is 30.4 Å². The maximum atomic E-state index is 12.4. The van der Waals surface area contributed by atoms with Gasteiger partial charge in [0.15, 0.2) is 0 Å². The number of nitrogens with one attached hydrogen (secondary N) is 2. The maximum Gasteiger partial charge on any atom is 0.235 e. The molecule has 0 radical (unpaired) electrons. The number of carbonyl (C=O) groups excluding carboxylic acids is 2. The van der Waals surface area contributed by atoms with E-state index in [1.807, 2.05) is 48.5 Å². The van der Waals surface area contributed by atoms with Gasteiger partial charge in [-0.3, -0.25) is 9.59 Å². The van der Waals surface area contributed by atoms with Gasteiger partial charge in [-0.15, -0.1) is 0 Å². The molecule has 0 unspecified atom stereocenters. The molecule has 130 valence electrons. The van der Waals surface area contributed by atoms with E-state index >= 15 is 0 Å². The van der Waals surface area contributed by atoms with Gasteiger partial charge in [-0.25, -0.2) is 0 Å². The summed E-state index contributed by atoms with van der Waals surface area (Å²) in [4.78, 5) is 24.8. The van der Waals surface area contributed by atoms with Crippen LogP contribution in [0.25, 0.3) is 0 Å². The molecule has 2 amide bonds. The van der Waals surface area contributed by atoms with Crippen LogP contribution >= 0.6 is 0 Å². The minimum Gasteiger partial charge on any atom is -0.355 e. The molecule has 0 atom stereocenters. The third-order valence-corrected chi connectivity index (χ3v) is 4.69. The second-order valence-electron chi connectivity index (χ2n) is 6.60. The predicted molar refractivity (Wildman–Crippen MR) is 97.7 cm³/mol. The molecule has 0 aromatic heterocycles. The summed E-state index contributed by atoms with van der Waals surface area (Å²) in [6.07, 6.45) is 3.07. The van der Waals surface area contributed by atoms with E-state index in [0.717, 1.165) is 18.4 Å². The van der Waals surface area contributed by atoms with E-state index in [2.05, 4.69) is 22.8 Å². The van der Waals surface area contributed by atoms with Gasteiger partial charge in [0.25, 0.3) is 0 Å².